The molecule has 145 valence electrons. The Hall–Kier alpha value is -2.74. The van der Waals surface area contributed by atoms with Crippen LogP contribution < -0.4 is 5.32 Å². The van der Waals surface area contributed by atoms with E-state index in [1.807, 2.05) is 30.3 Å². The van der Waals surface area contributed by atoms with Crippen LogP contribution >= 0.6 is 22.7 Å². The van der Waals surface area contributed by atoms with Crippen molar-refractivity contribution < 1.29 is 13.2 Å². The zero-order valence-electron chi connectivity index (χ0n) is 15.2. The van der Waals surface area contributed by atoms with Crippen LogP contribution in [-0.4, -0.2) is 14.3 Å². The van der Waals surface area contributed by atoms with Crippen LogP contribution in [0.1, 0.15) is 15.2 Å². The zero-order chi connectivity index (χ0) is 20.3. The van der Waals surface area contributed by atoms with Crippen LogP contribution in [0.3, 0.4) is 0 Å². The number of amides is 1. The first-order valence-corrected chi connectivity index (χ1v) is 12.0. The second-order valence-electron chi connectivity index (χ2n) is 6.21. The van der Waals surface area contributed by atoms with Gasteiger partial charge in [-0.2, -0.15) is 0 Å². The van der Waals surface area contributed by atoms with Crippen molar-refractivity contribution in [1.82, 2.24) is 5.32 Å². The van der Waals surface area contributed by atoms with Crippen molar-refractivity contribution in [3.63, 3.8) is 0 Å². The molecule has 0 aliphatic heterocycles. The predicted octanol–water partition coefficient (Wildman–Crippen LogP) is 5.04. The summed E-state index contributed by atoms with van der Waals surface area (Å²) in [5.74, 6) is -0.144. The quantitative estimate of drug-likeness (QED) is 0.459. The summed E-state index contributed by atoms with van der Waals surface area (Å²) >= 11 is 2.69. The van der Waals surface area contributed by atoms with E-state index in [0.29, 0.717) is 17.7 Å². The van der Waals surface area contributed by atoms with Crippen molar-refractivity contribution >= 4 is 38.4 Å². The van der Waals surface area contributed by atoms with E-state index < -0.39 is 9.84 Å². The standard InChI is InChI=1S/C22H16NO3S3/c24-22(16-7-3-1-4-8-16)23-13-17-11-12-20(28-17)19-14-27-15-21(19)29(25,26)18-9-5-2-6-10-18/h1-12,15H,13H2,(H,23,24). The molecule has 0 fully saturated rings. The highest BCUT2D eigenvalue weighted by atomic mass is 32.2. The summed E-state index contributed by atoms with van der Waals surface area (Å²) in [7, 11) is -3.61. The summed E-state index contributed by atoms with van der Waals surface area (Å²) in [6, 6.07) is 21.2. The highest BCUT2D eigenvalue weighted by Crippen LogP contribution is 2.37. The highest BCUT2D eigenvalue weighted by molar-refractivity contribution is 7.91. The maximum Gasteiger partial charge on any atom is 0.251 e. The lowest BCUT2D eigenvalue weighted by Crippen LogP contribution is -2.22. The van der Waals surface area contributed by atoms with Gasteiger partial charge in [0.25, 0.3) is 5.91 Å². The minimum Gasteiger partial charge on any atom is -0.347 e. The van der Waals surface area contributed by atoms with Crippen LogP contribution in [0.2, 0.25) is 0 Å². The average Bonchev–Trinajstić information content (AvgIpc) is 3.43. The molecule has 4 nitrogen and oxygen atoms in total. The molecular formula is C22H16NO3S3. The van der Waals surface area contributed by atoms with E-state index in [1.54, 1.807) is 47.8 Å². The summed E-state index contributed by atoms with van der Waals surface area (Å²) in [5, 5.41) is 7.60. The number of carbonyl (C=O) groups is 1. The van der Waals surface area contributed by atoms with Gasteiger partial charge in [0.2, 0.25) is 9.84 Å². The van der Waals surface area contributed by atoms with E-state index in [2.05, 4.69) is 10.7 Å². The van der Waals surface area contributed by atoms with Gasteiger partial charge in [0, 0.05) is 26.3 Å². The van der Waals surface area contributed by atoms with Crippen molar-refractivity contribution in [2.24, 2.45) is 0 Å². The SMILES string of the molecule is O=C(NCc1ccc(-c2[c]scc2S(=O)(=O)c2ccccc2)s1)c1ccccc1. The number of hydrogen-bond acceptors (Lipinski definition) is 5. The molecule has 0 aliphatic rings. The van der Waals surface area contributed by atoms with Gasteiger partial charge in [0.1, 0.15) is 0 Å². The van der Waals surface area contributed by atoms with Gasteiger partial charge in [-0.15, -0.1) is 22.7 Å². The molecule has 0 atom stereocenters. The van der Waals surface area contributed by atoms with Crippen LogP contribution in [0.5, 0.6) is 0 Å². The maximum absolute atomic E-state index is 13.0. The summed E-state index contributed by atoms with van der Waals surface area (Å²) in [5.41, 5.74) is 1.18. The van der Waals surface area contributed by atoms with Crippen LogP contribution in [0.25, 0.3) is 10.4 Å². The summed E-state index contributed by atoms with van der Waals surface area (Å²) in [4.78, 5) is 14.5. The number of nitrogens with one attached hydrogen (secondary N) is 1. The molecule has 2 heterocycles. The fourth-order valence-electron chi connectivity index (χ4n) is 2.81. The first-order chi connectivity index (χ1) is 14.1. The Balaban J connectivity index is 1.54. The predicted molar refractivity (Wildman–Crippen MR) is 116 cm³/mol. The minimum atomic E-state index is -3.61. The van der Waals surface area contributed by atoms with Gasteiger partial charge in [-0.05, 0) is 36.4 Å². The number of hydrogen-bond donors (Lipinski definition) is 1. The Labute approximate surface area is 177 Å². The summed E-state index contributed by atoms with van der Waals surface area (Å²) in [6.07, 6.45) is 0. The molecule has 1 radical (unpaired) electrons. The molecule has 0 bridgehead atoms. The highest BCUT2D eigenvalue weighted by Gasteiger charge is 2.23. The Morgan fingerprint density at radius 1 is 0.931 bits per heavy atom. The number of benzene rings is 2. The molecule has 29 heavy (non-hydrogen) atoms. The van der Waals surface area contributed by atoms with E-state index in [-0.39, 0.29) is 15.7 Å². The van der Waals surface area contributed by atoms with Crippen molar-refractivity contribution in [1.29, 1.82) is 0 Å². The maximum atomic E-state index is 13.0. The molecule has 4 rings (SSSR count). The number of sulfone groups is 1. The number of rotatable bonds is 6. The second-order valence-corrected chi connectivity index (χ2v) is 9.97. The molecule has 0 saturated heterocycles. The zero-order valence-corrected chi connectivity index (χ0v) is 17.6. The third-order valence-electron chi connectivity index (χ3n) is 4.28. The van der Waals surface area contributed by atoms with Gasteiger partial charge in [-0.25, -0.2) is 8.42 Å². The van der Waals surface area contributed by atoms with Crippen LogP contribution in [0.15, 0.2) is 88.0 Å². The third kappa shape index (κ3) is 4.17. The summed E-state index contributed by atoms with van der Waals surface area (Å²) < 4.78 is 26.0. The molecule has 0 unspecified atom stereocenters. The number of carbonyl (C=O) groups excluding carboxylic acids is 1. The monoisotopic (exact) mass is 438 g/mol. The summed E-state index contributed by atoms with van der Waals surface area (Å²) in [6.45, 7) is 0.378. The minimum absolute atomic E-state index is 0.144. The van der Waals surface area contributed by atoms with Crippen molar-refractivity contribution in [3.05, 3.63) is 94.0 Å². The van der Waals surface area contributed by atoms with Gasteiger partial charge in [-0.1, -0.05) is 36.4 Å². The lowest BCUT2D eigenvalue weighted by molar-refractivity contribution is 0.0951. The Kier molecular flexibility index (Phi) is 5.62. The fraction of sp³-hybridized carbons (Fsp3) is 0.0455. The van der Waals surface area contributed by atoms with Gasteiger partial charge in [-0.3, -0.25) is 4.79 Å². The first kappa shape index (κ1) is 19.6. The Bertz CT molecular complexity index is 1230. The number of thiophene rings is 2. The van der Waals surface area contributed by atoms with Gasteiger partial charge < -0.3 is 5.32 Å². The van der Waals surface area contributed by atoms with E-state index in [9.17, 15) is 13.2 Å². The molecular weight excluding hydrogens is 422 g/mol. The van der Waals surface area contributed by atoms with Crippen LogP contribution in [0, 0.1) is 5.38 Å². The van der Waals surface area contributed by atoms with Crippen molar-refractivity contribution in [3.8, 4) is 10.4 Å². The molecule has 0 spiro atoms. The van der Waals surface area contributed by atoms with Gasteiger partial charge in [0.05, 0.1) is 21.7 Å². The molecule has 7 heteroatoms. The smallest absolute Gasteiger partial charge is 0.251 e. The topological polar surface area (TPSA) is 63.2 Å². The Morgan fingerprint density at radius 3 is 2.34 bits per heavy atom. The van der Waals surface area contributed by atoms with E-state index >= 15 is 0 Å². The molecule has 0 saturated carbocycles. The van der Waals surface area contributed by atoms with Gasteiger partial charge in [0.15, 0.2) is 0 Å². The lowest BCUT2D eigenvalue weighted by atomic mass is 10.2. The lowest BCUT2D eigenvalue weighted by Gasteiger charge is -2.05. The molecule has 0 aliphatic carbocycles. The molecule has 1 N–H and O–H groups in total. The first-order valence-electron chi connectivity index (χ1n) is 8.77. The van der Waals surface area contributed by atoms with E-state index in [1.165, 1.54) is 22.7 Å². The van der Waals surface area contributed by atoms with Gasteiger partial charge >= 0.3 is 0 Å². The largest absolute Gasteiger partial charge is 0.347 e. The Morgan fingerprint density at radius 2 is 1.62 bits per heavy atom. The van der Waals surface area contributed by atoms with E-state index in [4.69, 9.17) is 0 Å². The van der Waals surface area contributed by atoms with Crippen molar-refractivity contribution in [2.75, 3.05) is 0 Å². The average molecular weight is 439 g/mol. The fourth-order valence-corrected chi connectivity index (χ4v) is 6.44. The third-order valence-corrected chi connectivity index (χ3v) is 8.00. The van der Waals surface area contributed by atoms with Crippen LogP contribution in [0.4, 0.5) is 0 Å². The van der Waals surface area contributed by atoms with E-state index in [0.717, 1.165) is 9.75 Å². The second kappa shape index (κ2) is 8.32. The van der Waals surface area contributed by atoms with Crippen LogP contribution in [-0.2, 0) is 16.4 Å². The molecule has 2 aromatic heterocycles. The van der Waals surface area contributed by atoms with Crippen molar-refractivity contribution in [2.45, 2.75) is 16.3 Å². The molecule has 1 amide bonds. The molecule has 2 aromatic carbocycles. The molecule has 4 aromatic rings. The normalized spacial score (nSPS) is 11.3.